The third-order valence-corrected chi connectivity index (χ3v) is 20.0. The standard InChI is InChI=1S/C19H24N2O3.C19H24N2O2.C19H24N2O.CH2O/c22-16-8-12-9-21(15-10-20-6-4-11(15)5-7-20)19(24)14-3-1-2-13(17(12)14)18(16)23;22-19-16-6-2-4-14-3-1-5-15(18(14)16)11-20(19)17-12-21(23)9-7-13(17)8-10-21;22-19-16-6-2-4-14-3-1-5-15(18(14)16)11-21(19)17-12-20-9-7-13(17)8-10-20;1-2/h1-3,11-12,15-16,18,22-23H,4-10H2;2,4,6,13,15,17H,1,3,5,7-12H2;2,4,6,13,15,17H,1,3,5,7-12H2;1H2/t12-,15-,16-,18+;13?,15-,17-,21?;15-,17-;/m111./s1. The van der Waals surface area contributed by atoms with E-state index in [0.717, 1.165) is 112 Å². The van der Waals surface area contributed by atoms with Crippen LogP contribution < -0.4 is 0 Å². The normalized spacial score (nSPS) is 37.5. The minimum atomic E-state index is -0.868. The monoisotopic (exact) mass is 967 g/mol. The van der Waals surface area contributed by atoms with Crippen LogP contribution in [0.1, 0.15) is 159 Å². The van der Waals surface area contributed by atoms with Crippen molar-refractivity contribution >= 4 is 24.5 Å². The zero-order valence-electron chi connectivity index (χ0n) is 41.6. The zero-order valence-corrected chi connectivity index (χ0v) is 41.6. The number of aliphatic hydroxyl groups excluding tert-OH is 2. The molecule has 2 N–H and O–H groups in total. The van der Waals surface area contributed by atoms with Crippen molar-refractivity contribution in [1.82, 2.24) is 24.5 Å². The molecule has 8 atom stereocenters. The first kappa shape index (κ1) is 47.5. The second kappa shape index (κ2) is 19.1. The first-order chi connectivity index (χ1) is 34.6. The molecule has 9 saturated heterocycles. The Morgan fingerprint density at radius 1 is 0.521 bits per heavy atom. The van der Waals surface area contributed by atoms with Crippen LogP contribution in [0.25, 0.3) is 0 Å². The third kappa shape index (κ3) is 8.29. The zero-order chi connectivity index (χ0) is 48.7. The number of rotatable bonds is 3. The largest absolute Gasteiger partial charge is 0.633 e. The van der Waals surface area contributed by atoms with Crippen LogP contribution in [0.3, 0.4) is 0 Å². The number of aryl methyl sites for hydroxylation is 2. The molecular formula is C58H74N6O7. The van der Waals surface area contributed by atoms with Gasteiger partial charge in [0.2, 0.25) is 0 Å². The summed E-state index contributed by atoms with van der Waals surface area (Å²) in [6.45, 7) is 13.5. The highest BCUT2D eigenvalue weighted by atomic mass is 16.5. The highest BCUT2D eigenvalue weighted by Crippen LogP contribution is 2.47. The van der Waals surface area contributed by atoms with Crippen LogP contribution in [0.2, 0.25) is 0 Å². The second-order valence-electron chi connectivity index (χ2n) is 23.6. The number of hydroxylamine groups is 3. The number of benzene rings is 3. The highest BCUT2D eigenvalue weighted by Gasteiger charge is 2.50. The Morgan fingerprint density at radius 2 is 0.958 bits per heavy atom. The van der Waals surface area contributed by atoms with Crippen molar-refractivity contribution in [2.45, 2.75) is 132 Å². The number of fused-ring (bicyclic) bond motifs is 9. The van der Waals surface area contributed by atoms with E-state index in [-0.39, 0.29) is 28.4 Å². The summed E-state index contributed by atoms with van der Waals surface area (Å²) in [6.07, 6.45) is 13.1. The van der Waals surface area contributed by atoms with E-state index in [1.165, 1.54) is 86.7 Å². The molecule has 15 aliphatic rings. The van der Waals surface area contributed by atoms with Gasteiger partial charge in [-0.1, -0.05) is 36.4 Å². The maximum atomic E-state index is 13.2. The van der Waals surface area contributed by atoms with Gasteiger partial charge in [0.05, 0.1) is 31.8 Å². The summed E-state index contributed by atoms with van der Waals surface area (Å²) in [7, 11) is 0. The molecule has 6 bridgehead atoms. The van der Waals surface area contributed by atoms with Crippen LogP contribution in [0.15, 0.2) is 54.6 Å². The van der Waals surface area contributed by atoms with Crippen molar-refractivity contribution in [3.63, 3.8) is 0 Å². The van der Waals surface area contributed by atoms with Crippen LogP contribution in [-0.2, 0) is 17.6 Å². The van der Waals surface area contributed by atoms with E-state index in [0.29, 0.717) is 61.2 Å². The Kier molecular flexibility index (Phi) is 12.8. The summed E-state index contributed by atoms with van der Waals surface area (Å²) in [5.41, 5.74) is 9.96. The fourth-order valence-corrected chi connectivity index (χ4v) is 16.5. The highest BCUT2D eigenvalue weighted by molar-refractivity contribution is 5.99. The molecule has 12 aliphatic heterocycles. The minimum absolute atomic E-state index is 0.0670. The summed E-state index contributed by atoms with van der Waals surface area (Å²) in [5.74, 6) is 3.73. The van der Waals surface area contributed by atoms with Crippen molar-refractivity contribution < 1.29 is 34.0 Å². The van der Waals surface area contributed by atoms with Crippen LogP contribution in [0.5, 0.6) is 0 Å². The summed E-state index contributed by atoms with van der Waals surface area (Å²) in [6, 6.07) is 19.2. The van der Waals surface area contributed by atoms with Gasteiger partial charge in [-0.15, -0.1) is 0 Å². The van der Waals surface area contributed by atoms with Gasteiger partial charge < -0.3 is 49.4 Å². The quantitative estimate of drug-likeness (QED) is 0.230. The lowest BCUT2D eigenvalue weighted by molar-refractivity contribution is -0.899. The van der Waals surface area contributed by atoms with Gasteiger partial charge in [0.1, 0.15) is 12.9 Å². The van der Waals surface area contributed by atoms with Gasteiger partial charge in [-0.25, -0.2) is 0 Å². The van der Waals surface area contributed by atoms with Gasteiger partial charge in [0.25, 0.3) is 17.7 Å². The first-order valence-corrected chi connectivity index (χ1v) is 27.5. The Bertz CT molecular complexity index is 2530. The Labute approximate surface area is 419 Å². The maximum absolute atomic E-state index is 13.2. The number of carbonyl (C=O) groups is 4. The van der Waals surface area contributed by atoms with E-state index in [1.54, 1.807) is 0 Å². The summed E-state index contributed by atoms with van der Waals surface area (Å²) in [4.78, 5) is 58.9. The Morgan fingerprint density at radius 3 is 1.42 bits per heavy atom. The lowest BCUT2D eigenvalue weighted by atomic mass is 9.73. The van der Waals surface area contributed by atoms with Crippen molar-refractivity contribution in [3.8, 4) is 0 Å². The van der Waals surface area contributed by atoms with Gasteiger partial charge in [-0.3, -0.25) is 14.4 Å². The number of amides is 3. The number of carbonyl (C=O) groups excluding carboxylic acids is 4. The van der Waals surface area contributed by atoms with Crippen LogP contribution in [0.4, 0.5) is 0 Å². The van der Waals surface area contributed by atoms with E-state index >= 15 is 0 Å². The number of aliphatic hydroxyl groups is 2. The summed E-state index contributed by atoms with van der Waals surface area (Å²) < 4.78 is -0.0670. The number of hydrogen-bond acceptors (Lipinski definition) is 9. The van der Waals surface area contributed by atoms with Gasteiger partial charge in [-0.2, -0.15) is 0 Å². The average Bonchev–Trinajstić information content (AvgIpc) is 3.42. The molecule has 0 spiro atoms. The molecule has 0 radical (unpaired) electrons. The van der Waals surface area contributed by atoms with Crippen molar-refractivity contribution in [2.24, 2.45) is 17.8 Å². The molecule has 3 amide bonds. The lowest BCUT2D eigenvalue weighted by Crippen LogP contribution is -2.66. The van der Waals surface area contributed by atoms with Crippen molar-refractivity contribution in [2.75, 3.05) is 78.5 Å². The molecule has 3 aromatic carbocycles. The van der Waals surface area contributed by atoms with Gasteiger partial charge >= 0.3 is 0 Å². The molecule has 9 fully saturated rings. The second-order valence-corrected chi connectivity index (χ2v) is 23.6. The molecule has 0 saturated carbocycles. The fraction of sp³-hybridized carbons (Fsp3) is 0.621. The maximum Gasteiger partial charge on any atom is 0.254 e. The van der Waals surface area contributed by atoms with Crippen LogP contribution in [-0.4, -0.2) is 167 Å². The molecule has 12 heterocycles. The number of piperidine rings is 9. The molecule has 71 heavy (non-hydrogen) atoms. The topological polar surface area (TPSA) is 148 Å². The Balaban J connectivity index is 0.000000107. The van der Waals surface area contributed by atoms with E-state index in [1.807, 2.05) is 37.1 Å². The molecule has 3 aliphatic carbocycles. The average molecular weight is 967 g/mol. The van der Waals surface area contributed by atoms with Crippen LogP contribution in [0, 0.1) is 23.0 Å². The van der Waals surface area contributed by atoms with Crippen molar-refractivity contribution in [1.29, 1.82) is 0 Å². The number of quaternary nitrogens is 1. The molecule has 0 aromatic heterocycles. The minimum Gasteiger partial charge on any atom is -0.633 e. The molecule has 3 aromatic rings. The molecule has 18 rings (SSSR count). The van der Waals surface area contributed by atoms with E-state index in [4.69, 9.17) is 4.79 Å². The predicted molar refractivity (Wildman–Crippen MR) is 270 cm³/mol. The number of hydrogen-bond donors (Lipinski definition) is 2. The van der Waals surface area contributed by atoms with Crippen LogP contribution >= 0.6 is 0 Å². The van der Waals surface area contributed by atoms with Gasteiger partial charge in [-0.05, 0) is 166 Å². The smallest absolute Gasteiger partial charge is 0.254 e. The molecule has 13 heteroatoms. The van der Waals surface area contributed by atoms with Gasteiger partial charge in [0, 0.05) is 92.1 Å². The van der Waals surface area contributed by atoms with E-state index in [9.17, 15) is 29.8 Å². The molecule has 378 valence electrons. The number of nitrogens with zero attached hydrogens (tertiary/aromatic N) is 6. The van der Waals surface area contributed by atoms with E-state index < -0.39 is 12.2 Å². The fourth-order valence-electron chi connectivity index (χ4n) is 16.5. The Hall–Kier alpha value is -4.50. The summed E-state index contributed by atoms with van der Waals surface area (Å²) >= 11 is 0. The SMILES string of the molecule is C=O.O=C1c2cccc3c2[C@H](CCC3)CN1[C@@H]1CN2CCC1CC2.O=C1c2cccc3c2[C@H](CCC3)CN1[C@@H]1C[N+]2([O-])CCC1CC2.O=C1c2cccc3c2[C@H](C[C@@H](O)[C@H]3O)CN1[C@@H]1CN2CCC1CC2. The predicted octanol–water partition coefficient (Wildman–Crippen LogP) is 6.26. The third-order valence-electron chi connectivity index (χ3n) is 20.0. The summed E-state index contributed by atoms with van der Waals surface area (Å²) in [5, 5.41) is 33.3. The molecule has 0 unspecified atom stereocenters. The lowest BCUT2D eigenvalue weighted by Gasteiger charge is -2.58. The first-order valence-electron chi connectivity index (χ1n) is 27.5. The molecular weight excluding hydrogens is 893 g/mol. The van der Waals surface area contributed by atoms with Gasteiger partial charge in [0.15, 0.2) is 0 Å². The van der Waals surface area contributed by atoms with Crippen molar-refractivity contribution in [3.05, 3.63) is 110 Å². The molecule has 13 nitrogen and oxygen atoms in total. The van der Waals surface area contributed by atoms with E-state index in [2.05, 4.69) is 48.8 Å².